The first-order chi connectivity index (χ1) is 6.83. The fourth-order valence-electron chi connectivity index (χ4n) is 1.59. The predicted molar refractivity (Wildman–Crippen MR) is 56.2 cm³/mol. The normalized spacial score (nSPS) is 13.1. The zero-order chi connectivity index (χ0) is 10.4. The number of hydrogen-bond donors (Lipinski definition) is 1. The van der Waals surface area contributed by atoms with Crippen LogP contribution in [0.2, 0.25) is 0 Å². The minimum atomic E-state index is 0.379. The highest BCUT2D eigenvalue weighted by Crippen LogP contribution is 2.14. The van der Waals surface area contributed by atoms with Gasteiger partial charge in [-0.25, -0.2) is 4.98 Å². The summed E-state index contributed by atoms with van der Waals surface area (Å²) in [5, 5.41) is 0. The minimum Gasteiger partial charge on any atom is -0.383 e. The zero-order valence-electron chi connectivity index (χ0n) is 8.94. The van der Waals surface area contributed by atoms with Gasteiger partial charge in [-0.05, 0) is 13.0 Å². The van der Waals surface area contributed by atoms with E-state index in [2.05, 4.69) is 16.5 Å². The molecule has 0 aromatic carbocycles. The second kappa shape index (κ2) is 5.78. The molecule has 0 fully saturated rings. The lowest BCUT2D eigenvalue weighted by molar-refractivity contribution is 0.152. The lowest BCUT2D eigenvalue weighted by Crippen LogP contribution is -2.17. The summed E-state index contributed by atoms with van der Waals surface area (Å²) in [6.45, 7) is 3.54. The Morgan fingerprint density at radius 1 is 1.64 bits per heavy atom. The van der Waals surface area contributed by atoms with Crippen molar-refractivity contribution in [3.05, 3.63) is 18.2 Å². The fraction of sp³-hybridized carbons (Fsp3) is 0.700. The number of nitrogens with two attached hydrogens (primary N) is 1. The van der Waals surface area contributed by atoms with Gasteiger partial charge in [0.15, 0.2) is 0 Å². The van der Waals surface area contributed by atoms with Crippen molar-refractivity contribution in [2.75, 3.05) is 20.3 Å². The Balaban J connectivity index is 2.74. The molecule has 0 amide bonds. The van der Waals surface area contributed by atoms with Gasteiger partial charge in [-0.15, -0.1) is 0 Å². The number of hydrogen-bond acceptors (Lipinski definition) is 3. The molecule has 0 aliphatic rings. The molecule has 2 N–H and O–H groups in total. The third-order valence-electron chi connectivity index (χ3n) is 2.37. The molecule has 0 saturated carbocycles. The molecule has 1 unspecified atom stereocenters. The number of aromatic nitrogens is 2. The van der Waals surface area contributed by atoms with Gasteiger partial charge in [-0.2, -0.15) is 0 Å². The zero-order valence-corrected chi connectivity index (χ0v) is 8.94. The number of rotatable bonds is 6. The summed E-state index contributed by atoms with van der Waals surface area (Å²) in [6.07, 6.45) is 5.66. The molecule has 0 aliphatic carbocycles. The third kappa shape index (κ3) is 2.56. The second-order valence-electron chi connectivity index (χ2n) is 3.35. The van der Waals surface area contributed by atoms with Crippen LogP contribution >= 0.6 is 0 Å². The van der Waals surface area contributed by atoms with Gasteiger partial charge < -0.3 is 15.0 Å². The van der Waals surface area contributed by atoms with Gasteiger partial charge in [0.2, 0.25) is 0 Å². The van der Waals surface area contributed by atoms with Gasteiger partial charge in [0.25, 0.3) is 0 Å². The summed E-state index contributed by atoms with van der Waals surface area (Å²) in [5.74, 6) is 0. The summed E-state index contributed by atoms with van der Waals surface area (Å²) >= 11 is 0. The molecule has 0 saturated heterocycles. The van der Waals surface area contributed by atoms with E-state index in [4.69, 9.17) is 10.5 Å². The van der Waals surface area contributed by atoms with Crippen molar-refractivity contribution < 1.29 is 4.74 Å². The van der Waals surface area contributed by atoms with Gasteiger partial charge >= 0.3 is 0 Å². The molecule has 1 rings (SSSR count). The van der Waals surface area contributed by atoms with Crippen molar-refractivity contribution in [1.82, 2.24) is 9.55 Å². The van der Waals surface area contributed by atoms with Crippen LogP contribution in [0.4, 0.5) is 0 Å². The molecule has 80 valence electrons. The Morgan fingerprint density at radius 2 is 2.43 bits per heavy atom. The van der Waals surface area contributed by atoms with Gasteiger partial charge in [-0.3, -0.25) is 0 Å². The van der Waals surface area contributed by atoms with Crippen molar-refractivity contribution >= 4 is 0 Å². The van der Waals surface area contributed by atoms with Gasteiger partial charge in [0.05, 0.1) is 19.0 Å². The molecule has 0 radical (unpaired) electrons. The highest BCUT2D eigenvalue weighted by atomic mass is 16.5. The van der Waals surface area contributed by atoms with E-state index in [1.54, 1.807) is 7.11 Å². The van der Waals surface area contributed by atoms with E-state index < -0.39 is 0 Å². The molecule has 1 aromatic rings. The maximum atomic E-state index is 5.53. The van der Waals surface area contributed by atoms with Gasteiger partial charge in [0.1, 0.15) is 0 Å². The molecule has 0 bridgehead atoms. The predicted octanol–water partition coefficient (Wildman–Crippen LogP) is 0.982. The Bertz CT molecular complexity index is 260. The van der Waals surface area contributed by atoms with Crippen LogP contribution in [0.25, 0.3) is 0 Å². The highest BCUT2D eigenvalue weighted by molar-refractivity contribution is 5.01. The van der Waals surface area contributed by atoms with Crippen molar-refractivity contribution in [3.63, 3.8) is 0 Å². The lowest BCUT2D eigenvalue weighted by atomic mass is 10.2. The summed E-state index contributed by atoms with van der Waals surface area (Å²) in [6, 6.07) is 0.379. The first-order valence-electron chi connectivity index (χ1n) is 5.03. The minimum absolute atomic E-state index is 0.379. The van der Waals surface area contributed by atoms with Crippen molar-refractivity contribution in [2.45, 2.75) is 25.8 Å². The van der Waals surface area contributed by atoms with E-state index in [1.165, 1.54) is 5.69 Å². The smallest absolute Gasteiger partial charge is 0.0951 e. The third-order valence-corrected chi connectivity index (χ3v) is 2.37. The van der Waals surface area contributed by atoms with Crippen molar-refractivity contribution in [1.29, 1.82) is 0 Å². The molecular formula is C10H19N3O. The molecule has 1 aromatic heterocycles. The standard InChI is InChI=1S/C10H19N3O/c1-3-9(7-14-2)13-8-12-6-10(13)4-5-11/h6,8-9H,3-5,7,11H2,1-2H3. The monoisotopic (exact) mass is 197 g/mol. The van der Waals surface area contributed by atoms with E-state index in [1.807, 2.05) is 12.5 Å². The number of imidazole rings is 1. The molecule has 0 aliphatic heterocycles. The van der Waals surface area contributed by atoms with Crippen LogP contribution < -0.4 is 5.73 Å². The van der Waals surface area contributed by atoms with E-state index in [-0.39, 0.29) is 0 Å². The van der Waals surface area contributed by atoms with Crippen molar-refractivity contribution in [2.24, 2.45) is 5.73 Å². The van der Waals surface area contributed by atoms with Crippen LogP contribution in [0, 0.1) is 0 Å². The molecule has 1 heterocycles. The second-order valence-corrected chi connectivity index (χ2v) is 3.35. The largest absolute Gasteiger partial charge is 0.383 e. The first-order valence-corrected chi connectivity index (χ1v) is 5.03. The van der Waals surface area contributed by atoms with Gasteiger partial charge in [-0.1, -0.05) is 6.92 Å². The molecule has 0 spiro atoms. The number of methoxy groups -OCH3 is 1. The molecule has 4 nitrogen and oxygen atoms in total. The average molecular weight is 197 g/mol. The lowest BCUT2D eigenvalue weighted by Gasteiger charge is -2.18. The maximum Gasteiger partial charge on any atom is 0.0951 e. The number of nitrogens with zero attached hydrogens (tertiary/aromatic N) is 2. The summed E-state index contributed by atoms with van der Waals surface area (Å²) in [5.41, 5.74) is 6.72. The van der Waals surface area contributed by atoms with Crippen LogP contribution in [-0.4, -0.2) is 29.8 Å². The summed E-state index contributed by atoms with van der Waals surface area (Å²) in [7, 11) is 1.72. The van der Waals surface area contributed by atoms with Gasteiger partial charge in [0, 0.05) is 25.4 Å². The van der Waals surface area contributed by atoms with Crippen LogP contribution in [0.5, 0.6) is 0 Å². The van der Waals surface area contributed by atoms with Crippen LogP contribution in [-0.2, 0) is 11.2 Å². The number of ether oxygens (including phenoxy) is 1. The van der Waals surface area contributed by atoms with Crippen LogP contribution in [0.3, 0.4) is 0 Å². The fourth-order valence-corrected chi connectivity index (χ4v) is 1.59. The average Bonchev–Trinajstić information content (AvgIpc) is 2.63. The SMILES string of the molecule is CCC(COC)n1cncc1CCN. The van der Waals surface area contributed by atoms with Crippen LogP contribution in [0.1, 0.15) is 25.1 Å². The van der Waals surface area contributed by atoms with E-state index in [9.17, 15) is 0 Å². The van der Waals surface area contributed by atoms with E-state index in [0.29, 0.717) is 12.6 Å². The van der Waals surface area contributed by atoms with E-state index in [0.717, 1.165) is 19.4 Å². The first kappa shape index (κ1) is 11.2. The van der Waals surface area contributed by atoms with Crippen molar-refractivity contribution in [3.8, 4) is 0 Å². The summed E-state index contributed by atoms with van der Waals surface area (Å²) in [4.78, 5) is 4.14. The Hall–Kier alpha value is -0.870. The molecule has 4 heteroatoms. The molecule has 14 heavy (non-hydrogen) atoms. The van der Waals surface area contributed by atoms with E-state index >= 15 is 0 Å². The Kier molecular flexibility index (Phi) is 4.62. The highest BCUT2D eigenvalue weighted by Gasteiger charge is 2.11. The quantitative estimate of drug-likeness (QED) is 0.739. The molecular weight excluding hydrogens is 178 g/mol. The topological polar surface area (TPSA) is 53.1 Å². The maximum absolute atomic E-state index is 5.53. The summed E-state index contributed by atoms with van der Waals surface area (Å²) < 4.78 is 7.33. The Labute approximate surface area is 85.1 Å². The van der Waals surface area contributed by atoms with Crippen LogP contribution in [0.15, 0.2) is 12.5 Å². The molecule has 1 atom stereocenters. The Morgan fingerprint density at radius 3 is 3.00 bits per heavy atom.